The van der Waals surface area contributed by atoms with Gasteiger partial charge in [-0.2, -0.15) is 0 Å². The van der Waals surface area contributed by atoms with Crippen molar-refractivity contribution in [1.29, 1.82) is 0 Å². The standard InChI is InChI=1S/C19H22ClN3O4/c1-17-8-18(2,15(26)21-14(17)25)10-19(3,9-17)16(27)23-22-13(24)11-5-4-6-12(20)7-11/h4-7H,8-10H2,1-3H3,(H,22,24)(H,23,27)(H,21,25,26). The SMILES string of the molecule is CC1(C(=O)NNC(=O)c2cccc(Cl)c2)CC2(C)CC(C)(C1)C(=O)NC2=O. The van der Waals surface area contributed by atoms with Crippen molar-refractivity contribution in [3.05, 3.63) is 34.9 Å². The minimum absolute atomic E-state index is 0.285. The van der Waals surface area contributed by atoms with Crippen molar-refractivity contribution in [1.82, 2.24) is 16.2 Å². The van der Waals surface area contributed by atoms with Crippen molar-refractivity contribution in [2.45, 2.75) is 40.0 Å². The lowest BCUT2D eigenvalue weighted by molar-refractivity contribution is -0.164. The van der Waals surface area contributed by atoms with Gasteiger partial charge in [0.1, 0.15) is 0 Å². The molecule has 0 radical (unpaired) electrons. The maximum absolute atomic E-state index is 12.9. The first-order chi connectivity index (χ1) is 12.5. The monoisotopic (exact) mass is 391 g/mol. The van der Waals surface area contributed by atoms with Crippen LogP contribution in [0.4, 0.5) is 0 Å². The van der Waals surface area contributed by atoms with Gasteiger partial charge in [0.25, 0.3) is 5.91 Å². The molecular formula is C19H22ClN3O4. The van der Waals surface area contributed by atoms with Crippen LogP contribution in [0.15, 0.2) is 24.3 Å². The first kappa shape index (κ1) is 19.4. The van der Waals surface area contributed by atoms with Gasteiger partial charge in [0.05, 0.1) is 5.41 Å². The van der Waals surface area contributed by atoms with E-state index >= 15 is 0 Å². The molecule has 1 heterocycles. The Balaban J connectivity index is 1.75. The minimum Gasteiger partial charge on any atom is -0.296 e. The average molecular weight is 392 g/mol. The van der Waals surface area contributed by atoms with Gasteiger partial charge < -0.3 is 0 Å². The number of nitrogens with one attached hydrogen (secondary N) is 3. The summed E-state index contributed by atoms with van der Waals surface area (Å²) >= 11 is 5.87. The maximum atomic E-state index is 12.9. The highest BCUT2D eigenvalue weighted by molar-refractivity contribution is 6.31. The smallest absolute Gasteiger partial charge is 0.269 e. The summed E-state index contributed by atoms with van der Waals surface area (Å²) in [5, 5.41) is 2.83. The molecule has 0 spiro atoms. The Morgan fingerprint density at radius 2 is 1.59 bits per heavy atom. The van der Waals surface area contributed by atoms with Gasteiger partial charge in [-0.1, -0.05) is 38.4 Å². The normalized spacial score (nSPS) is 32.4. The quantitative estimate of drug-likeness (QED) is 0.529. The summed E-state index contributed by atoms with van der Waals surface area (Å²) in [7, 11) is 0. The van der Waals surface area contributed by atoms with E-state index in [4.69, 9.17) is 11.6 Å². The average Bonchev–Trinajstić information content (AvgIpc) is 2.57. The highest BCUT2D eigenvalue weighted by atomic mass is 35.5. The number of carbonyl (C=O) groups is 4. The fourth-order valence-electron chi connectivity index (χ4n) is 4.62. The zero-order chi connectivity index (χ0) is 20.0. The summed E-state index contributed by atoms with van der Waals surface area (Å²) in [6.45, 7) is 5.25. The van der Waals surface area contributed by atoms with E-state index in [1.165, 1.54) is 6.07 Å². The number of hydrazine groups is 1. The number of carbonyl (C=O) groups excluding carboxylic acids is 4. The molecule has 1 aliphatic heterocycles. The van der Waals surface area contributed by atoms with E-state index in [0.717, 1.165) is 0 Å². The van der Waals surface area contributed by atoms with Crippen LogP contribution in [0.25, 0.3) is 0 Å². The topological polar surface area (TPSA) is 104 Å². The molecule has 4 amide bonds. The third-order valence-corrected chi connectivity index (χ3v) is 5.82. The molecule has 1 aromatic carbocycles. The van der Waals surface area contributed by atoms with E-state index in [0.29, 0.717) is 17.0 Å². The molecule has 1 aliphatic carbocycles. The lowest BCUT2D eigenvalue weighted by Crippen LogP contribution is -2.64. The second kappa shape index (κ2) is 6.34. The van der Waals surface area contributed by atoms with Crippen LogP contribution in [0, 0.1) is 16.2 Å². The molecular weight excluding hydrogens is 370 g/mol. The van der Waals surface area contributed by atoms with Crippen molar-refractivity contribution in [2.75, 3.05) is 0 Å². The Morgan fingerprint density at radius 3 is 2.15 bits per heavy atom. The summed E-state index contributed by atoms with van der Waals surface area (Å²) in [5.41, 5.74) is 2.52. The van der Waals surface area contributed by atoms with Crippen molar-refractivity contribution in [3.63, 3.8) is 0 Å². The molecule has 3 rings (SSSR count). The Labute approximate surface area is 162 Å². The van der Waals surface area contributed by atoms with Crippen LogP contribution in [0.5, 0.6) is 0 Å². The van der Waals surface area contributed by atoms with Crippen LogP contribution < -0.4 is 16.2 Å². The number of amides is 4. The van der Waals surface area contributed by atoms with Crippen LogP contribution in [0.3, 0.4) is 0 Å². The van der Waals surface area contributed by atoms with Crippen LogP contribution in [0.1, 0.15) is 50.4 Å². The number of benzene rings is 1. The minimum atomic E-state index is -0.975. The Bertz CT molecular complexity index is 827. The van der Waals surface area contributed by atoms with Gasteiger partial charge in [0.2, 0.25) is 17.7 Å². The summed E-state index contributed by atoms with van der Waals surface area (Å²) in [5.74, 6) is -1.65. The first-order valence-electron chi connectivity index (χ1n) is 8.70. The zero-order valence-electron chi connectivity index (χ0n) is 15.4. The molecule has 2 fully saturated rings. The van der Waals surface area contributed by atoms with Crippen LogP contribution >= 0.6 is 11.6 Å². The summed E-state index contributed by atoms with van der Waals surface area (Å²) < 4.78 is 0. The molecule has 2 aliphatic rings. The number of hydrogen-bond donors (Lipinski definition) is 3. The lowest BCUT2D eigenvalue weighted by atomic mass is 9.52. The highest BCUT2D eigenvalue weighted by Crippen LogP contribution is 2.56. The van der Waals surface area contributed by atoms with Gasteiger partial charge in [0.15, 0.2) is 0 Å². The van der Waals surface area contributed by atoms with Crippen molar-refractivity contribution in [3.8, 4) is 0 Å². The van der Waals surface area contributed by atoms with Gasteiger partial charge in [-0.25, -0.2) is 0 Å². The Morgan fingerprint density at radius 1 is 1.00 bits per heavy atom. The number of piperidine rings is 1. The number of hydrogen-bond acceptors (Lipinski definition) is 4. The van der Waals surface area contributed by atoms with E-state index in [2.05, 4.69) is 16.2 Å². The number of halogens is 1. The fraction of sp³-hybridized carbons (Fsp3) is 0.474. The number of rotatable bonds is 2. The lowest BCUT2D eigenvalue weighted by Gasteiger charge is -2.53. The summed E-state index contributed by atoms with van der Waals surface area (Å²) in [6.07, 6.45) is 0.976. The molecule has 1 aromatic rings. The highest BCUT2D eigenvalue weighted by Gasteiger charge is 2.60. The molecule has 27 heavy (non-hydrogen) atoms. The second-order valence-corrected chi connectivity index (χ2v) is 8.85. The van der Waals surface area contributed by atoms with Gasteiger partial charge >= 0.3 is 0 Å². The fourth-order valence-corrected chi connectivity index (χ4v) is 4.81. The molecule has 2 atom stereocenters. The molecule has 8 heteroatoms. The van der Waals surface area contributed by atoms with Gasteiger partial charge in [-0.05, 0) is 37.5 Å². The van der Waals surface area contributed by atoms with Crippen LogP contribution in [0.2, 0.25) is 5.02 Å². The second-order valence-electron chi connectivity index (χ2n) is 8.41. The van der Waals surface area contributed by atoms with Crippen molar-refractivity contribution in [2.24, 2.45) is 16.2 Å². The number of imide groups is 1. The maximum Gasteiger partial charge on any atom is 0.269 e. The molecule has 3 N–H and O–H groups in total. The first-order valence-corrected chi connectivity index (χ1v) is 9.08. The summed E-state index contributed by atoms with van der Waals surface area (Å²) in [6, 6.07) is 6.34. The van der Waals surface area contributed by atoms with Crippen LogP contribution in [-0.2, 0) is 14.4 Å². The zero-order valence-corrected chi connectivity index (χ0v) is 16.2. The molecule has 1 saturated carbocycles. The van der Waals surface area contributed by atoms with Crippen molar-refractivity contribution >= 4 is 35.2 Å². The molecule has 7 nitrogen and oxygen atoms in total. The van der Waals surface area contributed by atoms with E-state index in [9.17, 15) is 19.2 Å². The van der Waals surface area contributed by atoms with Crippen molar-refractivity contribution < 1.29 is 19.2 Å². The Kier molecular flexibility index (Phi) is 4.54. The van der Waals surface area contributed by atoms with E-state index in [1.54, 1.807) is 39.0 Å². The number of fused-ring (bicyclic) bond motifs is 2. The summed E-state index contributed by atoms with van der Waals surface area (Å²) in [4.78, 5) is 49.7. The molecule has 144 valence electrons. The van der Waals surface area contributed by atoms with E-state index in [1.807, 2.05) is 0 Å². The predicted molar refractivity (Wildman–Crippen MR) is 98.4 cm³/mol. The van der Waals surface area contributed by atoms with Gasteiger partial charge in [-0.15, -0.1) is 0 Å². The Hall–Kier alpha value is -2.41. The van der Waals surface area contributed by atoms with E-state index in [-0.39, 0.29) is 24.7 Å². The van der Waals surface area contributed by atoms with Gasteiger partial charge in [0, 0.05) is 21.4 Å². The van der Waals surface area contributed by atoms with Gasteiger partial charge in [-0.3, -0.25) is 35.3 Å². The van der Waals surface area contributed by atoms with Crippen LogP contribution in [-0.4, -0.2) is 23.6 Å². The molecule has 2 unspecified atom stereocenters. The predicted octanol–water partition coefficient (Wildman–Crippen LogP) is 1.96. The largest absolute Gasteiger partial charge is 0.296 e. The third-order valence-electron chi connectivity index (χ3n) is 5.59. The molecule has 1 saturated heterocycles. The molecule has 0 aromatic heterocycles. The molecule has 2 bridgehead atoms. The third kappa shape index (κ3) is 3.43. The van der Waals surface area contributed by atoms with E-state index < -0.39 is 28.1 Å².